The molecule has 0 amide bonds. The highest BCUT2D eigenvalue weighted by atomic mass is 19.4. The van der Waals surface area contributed by atoms with Gasteiger partial charge < -0.3 is 10.6 Å². The van der Waals surface area contributed by atoms with Crippen LogP contribution in [0.2, 0.25) is 0 Å². The molecule has 1 heterocycles. The van der Waals surface area contributed by atoms with E-state index in [2.05, 4.69) is 15.6 Å². The Labute approximate surface area is 61.7 Å². The third-order valence-corrected chi connectivity index (χ3v) is 1.13. The van der Waals surface area contributed by atoms with E-state index >= 15 is 0 Å². The van der Waals surface area contributed by atoms with E-state index in [1.54, 1.807) is 0 Å². The minimum Gasteiger partial charge on any atom is -0.355 e. The molecular weight excluding hydrogens is 159 g/mol. The predicted octanol–water partition coefficient (Wildman–Crippen LogP) is 0.0975. The third-order valence-electron chi connectivity index (χ3n) is 1.13. The van der Waals surface area contributed by atoms with Crippen LogP contribution < -0.4 is 10.6 Å². The number of hydrogen-bond donors (Lipinski definition) is 2. The van der Waals surface area contributed by atoms with Gasteiger partial charge in [-0.3, -0.25) is 4.99 Å². The summed E-state index contributed by atoms with van der Waals surface area (Å²) in [7, 11) is 0. The Morgan fingerprint density at radius 3 is 2.73 bits per heavy atom. The molecule has 0 aromatic rings. The first-order chi connectivity index (χ1) is 5.08. The fourth-order valence-corrected chi connectivity index (χ4v) is 0.700. The molecule has 3 nitrogen and oxygen atoms in total. The summed E-state index contributed by atoms with van der Waals surface area (Å²) in [5.41, 5.74) is 0. The summed E-state index contributed by atoms with van der Waals surface area (Å²) in [6, 6.07) is 0. The van der Waals surface area contributed by atoms with Crippen LogP contribution in [-0.4, -0.2) is 31.8 Å². The molecule has 1 aliphatic heterocycles. The lowest BCUT2D eigenvalue weighted by Gasteiger charge is -2.08. The van der Waals surface area contributed by atoms with E-state index in [0.29, 0.717) is 13.1 Å². The zero-order valence-corrected chi connectivity index (χ0v) is 5.70. The maximum atomic E-state index is 11.6. The summed E-state index contributed by atoms with van der Waals surface area (Å²) in [4.78, 5) is 3.73. The first-order valence-corrected chi connectivity index (χ1v) is 3.17. The number of nitrogens with zero attached hydrogens (tertiary/aromatic N) is 1. The molecular formula is C5H8F3N3. The highest BCUT2D eigenvalue weighted by Gasteiger charge is 2.27. The zero-order valence-electron chi connectivity index (χ0n) is 5.70. The Hall–Kier alpha value is -0.940. The van der Waals surface area contributed by atoms with Gasteiger partial charge in [-0.05, 0) is 0 Å². The largest absolute Gasteiger partial charge is 0.405 e. The average molecular weight is 167 g/mol. The van der Waals surface area contributed by atoms with Gasteiger partial charge in [-0.2, -0.15) is 13.2 Å². The number of alkyl halides is 3. The number of halogens is 3. The van der Waals surface area contributed by atoms with Crippen LogP contribution in [0.3, 0.4) is 0 Å². The topological polar surface area (TPSA) is 36.4 Å². The monoisotopic (exact) mass is 167 g/mol. The zero-order chi connectivity index (χ0) is 8.32. The molecule has 0 unspecified atom stereocenters. The van der Waals surface area contributed by atoms with Crippen LogP contribution in [0.1, 0.15) is 0 Å². The van der Waals surface area contributed by atoms with Crippen molar-refractivity contribution in [1.29, 1.82) is 0 Å². The lowest BCUT2D eigenvalue weighted by Crippen LogP contribution is -2.39. The molecule has 0 aromatic carbocycles. The van der Waals surface area contributed by atoms with Gasteiger partial charge in [0.15, 0.2) is 5.96 Å². The van der Waals surface area contributed by atoms with Crippen LogP contribution in [0, 0.1) is 0 Å². The SMILES string of the molecule is FC(F)(F)CNC1=NCCN1. The molecule has 2 N–H and O–H groups in total. The predicted molar refractivity (Wildman–Crippen MR) is 34.4 cm³/mol. The van der Waals surface area contributed by atoms with E-state index in [9.17, 15) is 13.2 Å². The van der Waals surface area contributed by atoms with Crippen LogP contribution in [0.4, 0.5) is 13.2 Å². The maximum absolute atomic E-state index is 11.6. The molecule has 0 saturated heterocycles. The molecule has 0 aliphatic carbocycles. The van der Waals surface area contributed by atoms with Gasteiger partial charge in [-0.25, -0.2) is 0 Å². The second kappa shape index (κ2) is 2.98. The Morgan fingerprint density at radius 2 is 2.27 bits per heavy atom. The molecule has 0 spiro atoms. The number of rotatable bonds is 1. The summed E-state index contributed by atoms with van der Waals surface area (Å²) in [5, 5.41) is 4.80. The summed E-state index contributed by atoms with van der Waals surface area (Å²) >= 11 is 0. The van der Waals surface area contributed by atoms with Gasteiger partial charge >= 0.3 is 6.18 Å². The van der Waals surface area contributed by atoms with Gasteiger partial charge in [0.05, 0.1) is 6.54 Å². The average Bonchev–Trinajstić information content (AvgIpc) is 2.32. The van der Waals surface area contributed by atoms with E-state index < -0.39 is 12.7 Å². The Kier molecular flexibility index (Phi) is 2.21. The van der Waals surface area contributed by atoms with Crippen molar-refractivity contribution in [3.8, 4) is 0 Å². The highest BCUT2D eigenvalue weighted by molar-refractivity contribution is 5.81. The molecule has 0 bridgehead atoms. The van der Waals surface area contributed by atoms with Gasteiger partial charge in [0.1, 0.15) is 6.54 Å². The van der Waals surface area contributed by atoms with Crippen molar-refractivity contribution in [1.82, 2.24) is 10.6 Å². The van der Waals surface area contributed by atoms with Gasteiger partial charge in [-0.15, -0.1) is 0 Å². The van der Waals surface area contributed by atoms with Gasteiger partial charge in [0.2, 0.25) is 0 Å². The Bertz CT molecular complexity index is 163. The number of aliphatic imine (C=N–C) groups is 1. The van der Waals surface area contributed by atoms with Crippen molar-refractivity contribution in [3.63, 3.8) is 0 Å². The van der Waals surface area contributed by atoms with Crippen molar-refractivity contribution in [2.45, 2.75) is 6.18 Å². The van der Waals surface area contributed by atoms with E-state index in [0.717, 1.165) is 0 Å². The summed E-state index contributed by atoms with van der Waals surface area (Å²) < 4.78 is 34.7. The van der Waals surface area contributed by atoms with E-state index in [1.165, 1.54) is 0 Å². The van der Waals surface area contributed by atoms with Gasteiger partial charge in [0.25, 0.3) is 0 Å². The van der Waals surface area contributed by atoms with Crippen molar-refractivity contribution in [3.05, 3.63) is 0 Å². The fraction of sp³-hybridized carbons (Fsp3) is 0.800. The van der Waals surface area contributed by atoms with E-state index in [-0.39, 0.29) is 5.96 Å². The molecule has 0 fully saturated rings. The van der Waals surface area contributed by atoms with E-state index in [4.69, 9.17) is 0 Å². The van der Waals surface area contributed by atoms with Crippen LogP contribution >= 0.6 is 0 Å². The smallest absolute Gasteiger partial charge is 0.355 e. The Morgan fingerprint density at radius 1 is 1.55 bits per heavy atom. The minimum atomic E-state index is -4.17. The van der Waals surface area contributed by atoms with Crippen LogP contribution in [0.5, 0.6) is 0 Å². The summed E-state index contributed by atoms with van der Waals surface area (Å²) in [6.45, 7) is 0.124. The first-order valence-electron chi connectivity index (χ1n) is 3.17. The van der Waals surface area contributed by atoms with Crippen LogP contribution in [0.25, 0.3) is 0 Å². The lowest BCUT2D eigenvalue weighted by atomic mass is 10.6. The summed E-state index contributed by atoms with van der Waals surface area (Å²) in [5.74, 6) is 0.238. The van der Waals surface area contributed by atoms with Gasteiger partial charge in [-0.1, -0.05) is 0 Å². The molecule has 0 atom stereocenters. The quantitative estimate of drug-likeness (QED) is 0.581. The van der Waals surface area contributed by atoms with E-state index in [1.807, 2.05) is 0 Å². The molecule has 0 saturated carbocycles. The molecule has 11 heavy (non-hydrogen) atoms. The highest BCUT2D eigenvalue weighted by Crippen LogP contribution is 2.11. The molecule has 6 heteroatoms. The normalized spacial score (nSPS) is 17.5. The first kappa shape index (κ1) is 8.16. The second-order valence-electron chi connectivity index (χ2n) is 2.13. The Balaban J connectivity index is 2.22. The standard InChI is InChI=1S/C5H8F3N3/c6-5(7,8)3-11-4-9-1-2-10-4/h1-3H2,(H2,9,10,11). The molecule has 1 rings (SSSR count). The second-order valence-corrected chi connectivity index (χ2v) is 2.13. The van der Waals surface area contributed by atoms with Crippen molar-refractivity contribution in [2.24, 2.45) is 4.99 Å². The summed E-state index contributed by atoms with van der Waals surface area (Å²) in [6.07, 6.45) is -4.17. The lowest BCUT2D eigenvalue weighted by molar-refractivity contribution is -0.122. The molecule has 0 radical (unpaired) electrons. The van der Waals surface area contributed by atoms with Crippen LogP contribution in [-0.2, 0) is 0 Å². The fourth-order valence-electron chi connectivity index (χ4n) is 0.700. The third kappa shape index (κ3) is 3.10. The number of guanidine groups is 1. The van der Waals surface area contributed by atoms with Crippen molar-refractivity contribution < 1.29 is 13.2 Å². The molecule has 0 aromatic heterocycles. The number of nitrogens with one attached hydrogen (secondary N) is 2. The van der Waals surface area contributed by atoms with Crippen molar-refractivity contribution in [2.75, 3.05) is 19.6 Å². The number of hydrogen-bond acceptors (Lipinski definition) is 3. The minimum absolute atomic E-state index is 0.238. The van der Waals surface area contributed by atoms with Crippen molar-refractivity contribution >= 4 is 5.96 Å². The van der Waals surface area contributed by atoms with Crippen LogP contribution in [0.15, 0.2) is 4.99 Å². The maximum Gasteiger partial charge on any atom is 0.405 e. The molecule has 64 valence electrons. The molecule has 1 aliphatic rings. The van der Waals surface area contributed by atoms with Gasteiger partial charge in [0, 0.05) is 6.54 Å².